The van der Waals surface area contributed by atoms with Crippen molar-refractivity contribution in [3.05, 3.63) is 53.1 Å². The number of fused-ring (bicyclic) bond motifs is 1. The Hall–Kier alpha value is -2.74. The maximum Gasteiger partial charge on any atom is 0.243 e. The molecule has 0 spiro atoms. The number of nitrogens with zero attached hydrogens (tertiary/aromatic N) is 1. The lowest BCUT2D eigenvalue weighted by Crippen LogP contribution is -2.47. The molecule has 1 amide bonds. The van der Waals surface area contributed by atoms with Crippen LogP contribution in [0.4, 0.5) is 5.69 Å². The molecule has 0 radical (unpaired) electrons. The van der Waals surface area contributed by atoms with Crippen LogP contribution in [0.25, 0.3) is 0 Å². The second-order valence-corrected chi connectivity index (χ2v) is 8.77. The van der Waals surface area contributed by atoms with Crippen LogP contribution in [0, 0.1) is 13.8 Å². The van der Waals surface area contributed by atoms with E-state index in [0.29, 0.717) is 17.2 Å². The first-order valence-corrected chi connectivity index (χ1v) is 10.7. The summed E-state index contributed by atoms with van der Waals surface area (Å²) in [6, 6.07) is 9.85. The van der Waals surface area contributed by atoms with Crippen LogP contribution in [0.3, 0.4) is 0 Å². The number of amides is 1. The molecule has 1 N–H and O–H groups in total. The average molecular weight is 404 g/mol. The molecule has 8 heteroatoms. The first-order chi connectivity index (χ1) is 13.2. The molecule has 7 nitrogen and oxygen atoms in total. The highest BCUT2D eigenvalue weighted by Crippen LogP contribution is 2.32. The number of benzene rings is 2. The summed E-state index contributed by atoms with van der Waals surface area (Å²) < 4.78 is 36.5. The van der Waals surface area contributed by atoms with Crippen LogP contribution < -0.4 is 19.1 Å². The number of ether oxygens (including phenoxy) is 2. The Balaban J connectivity index is 1.75. The van der Waals surface area contributed by atoms with Gasteiger partial charge in [0.15, 0.2) is 11.5 Å². The summed E-state index contributed by atoms with van der Waals surface area (Å²) in [6.07, 6.45) is 1.10. The van der Waals surface area contributed by atoms with E-state index in [1.165, 1.54) is 0 Å². The van der Waals surface area contributed by atoms with Crippen molar-refractivity contribution in [2.45, 2.75) is 33.4 Å². The van der Waals surface area contributed by atoms with Crippen LogP contribution in [-0.2, 0) is 21.4 Å². The molecule has 2 aromatic carbocycles. The average Bonchev–Trinajstić information content (AvgIpc) is 3.09. The Morgan fingerprint density at radius 3 is 2.50 bits per heavy atom. The molecule has 1 aliphatic rings. The zero-order chi connectivity index (χ0) is 20.5. The van der Waals surface area contributed by atoms with Gasteiger partial charge in [-0.25, -0.2) is 8.42 Å². The predicted octanol–water partition coefficient (Wildman–Crippen LogP) is 2.50. The minimum Gasteiger partial charge on any atom is -0.454 e. The number of rotatable bonds is 6. The highest BCUT2D eigenvalue weighted by Gasteiger charge is 2.29. The van der Waals surface area contributed by atoms with Gasteiger partial charge in [0.1, 0.15) is 6.04 Å². The summed E-state index contributed by atoms with van der Waals surface area (Å²) in [5.41, 5.74) is 3.31. The van der Waals surface area contributed by atoms with E-state index in [-0.39, 0.29) is 19.2 Å². The molecule has 0 aliphatic carbocycles. The van der Waals surface area contributed by atoms with Gasteiger partial charge in [-0.05, 0) is 61.7 Å². The monoisotopic (exact) mass is 404 g/mol. The van der Waals surface area contributed by atoms with Gasteiger partial charge in [0.2, 0.25) is 22.7 Å². The lowest BCUT2D eigenvalue weighted by molar-refractivity contribution is -0.122. The van der Waals surface area contributed by atoms with Crippen LogP contribution in [0.1, 0.15) is 23.6 Å². The summed E-state index contributed by atoms with van der Waals surface area (Å²) >= 11 is 0. The minimum atomic E-state index is -3.65. The molecule has 0 saturated heterocycles. The van der Waals surface area contributed by atoms with E-state index in [1.807, 2.05) is 26.0 Å². The maximum absolute atomic E-state index is 12.7. The van der Waals surface area contributed by atoms with Crippen molar-refractivity contribution in [3.63, 3.8) is 0 Å². The van der Waals surface area contributed by atoms with Crippen molar-refractivity contribution in [3.8, 4) is 11.5 Å². The molecule has 3 rings (SSSR count). The highest BCUT2D eigenvalue weighted by atomic mass is 32.2. The highest BCUT2D eigenvalue weighted by molar-refractivity contribution is 7.92. The minimum absolute atomic E-state index is 0.182. The fourth-order valence-electron chi connectivity index (χ4n) is 3.06. The number of aryl methyl sites for hydroxylation is 2. The number of hydrogen-bond acceptors (Lipinski definition) is 5. The third-order valence-electron chi connectivity index (χ3n) is 4.74. The van der Waals surface area contributed by atoms with E-state index < -0.39 is 16.1 Å². The molecule has 1 atom stereocenters. The van der Waals surface area contributed by atoms with Gasteiger partial charge in [0.05, 0.1) is 11.9 Å². The molecular formula is C20H24N2O5S. The lowest BCUT2D eigenvalue weighted by Gasteiger charge is -2.28. The zero-order valence-corrected chi connectivity index (χ0v) is 17.2. The van der Waals surface area contributed by atoms with Gasteiger partial charge >= 0.3 is 0 Å². The van der Waals surface area contributed by atoms with E-state index in [9.17, 15) is 13.2 Å². The molecule has 1 heterocycles. The SMILES string of the molecule is Cc1ccc(N(C(C)C(=O)NCc2ccc3c(c2)OCO3)S(C)(=O)=O)cc1C. The van der Waals surface area contributed by atoms with E-state index in [1.54, 1.807) is 31.2 Å². The van der Waals surface area contributed by atoms with Gasteiger partial charge in [-0.15, -0.1) is 0 Å². The van der Waals surface area contributed by atoms with Gasteiger partial charge in [-0.3, -0.25) is 9.10 Å². The molecule has 0 saturated carbocycles. The van der Waals surface area contributed by atoms with Crippen molar-refractivity contribution in [1.29, 1.82) is 0 Å². The first-order valence-electron chi connectivity index (χ1n) is 8.89. The molecule has 2 aromatic rings. The Morgan fingerprint density at radius 1 is 1.11 bits per heavy atom. The molecule has 1 aliphatic heterocycles. The molecule has 0 aromatic heterocycles. The number of nitrogens with one attached hydrogen (secondary N) is 1. The van der Waals surface area contributed by atoms with Crippen LogP contribution >= 0.6 is 0 Å². The summed E-state index contributed by atoms with van der Waals surface area (Å²) in [5, 5.41) is 2.80. The van der Waals surface area contributed by atoms with Crippen LogP contribution in [0.15, 0.2) is 36.4 Å². The number of carbonyl (C=O) groups excluding carboxylic acids is 1. The standard InChI is InChI=1S/C20H24N2O5S/c1-13-5-7-17(9-14(13)2)22(28(4,24)25)15(3)20(23)21-11-16-6-8-18-19(10-16)27-12-26-18/h5-10,15H,11-12H2,1-4H3,(H,21,23). The maximum atomic E-state index is 12.7. The van der Waals surface area contributed by atoms with Gasteiger partial charge in [-0.2, -0.15) is 0 Å². The van der Waals surface area contributed by atoms with Crippen LogP contribution in [0.5, 0.6) is 11.5 Å². The van der Waals surface area contributed by atoms with Gasteiger partial charge in [0, 0.05) is 6.54 Å². The zero-order valence-electron chi connectivity index (χ0n) is 16.4. The van der Waals surface area contributed by atoms with Gasteiger partial charge in [-0.1, -0.05) is 12.1 Å². The topological polar surface area (TPSA) is 84.9 Å². The Morgan fingerprint density at radius 2 is 1.82 bits per heavy atom. The molecule has 28 heavy (non-hydrogen) atoms. The fourth-order valence-corrected chi connectivity index (χ4v) is 4.23. The Labute approximate surface area is 165 Å². The van der Waals surface area contributed by atoms with Crippen LogP contribution in [0.2, 0.25) is 0 Å². The summed E-state index contributed by atoms with van der Waals surface area (Å²) in [4.78, 5) is 12.7. The quantitative estimate of drug-likeness (QED) is 0.800. The van der Waals surface area contributed by atoms with Crippen LogP contribution in [-0.4, -0.2) is 33.4 Å². The third-order valence-corrected chi connectivity index (χ3v) is 5.98. The van der Waals surface area contributed by atoms with Crippen molar-refractivity contribution < 1.29 is 22.7 Å². The van der Waals surface area contributed by atoms with E-state index >= 15 is 0 Å². The summed E-state index contributed by atoms with van der Waals surface area (Å²) in [7, 11) is -3.65. The second-order valence-electron chi connectivity index (χ2n) is 6.91. The second kappa shape index (κ2) is 7.71. The third kappa shape index (κ3) is 4.22. The van der Waals surface area contributed by atoms with Crippen molar-refractivity contribution in [2.75, 3.05) is 17.4 Å². The van der Waals surface area contributed by atoms with Gasteiger partial charge in [0.25, 0.3) is 0 Å². The fraction of sp³-hybridized carbons (Fsp3) is 0.350. The number of sulfonamides is 1. The van der Waals surface area contributed by atoms with Crippen molar-refractivity contribution >= 4 is 21.6 Å². The number of hydrogen-bond donors (Lipinski definition) is 1. The van der Waals surface area contributed by atoms with E-state index in [0.717, 1.165) is 27.3 Å². The number of anilines is 1. The molecule has 0 fully saturated rings. The molecular weight excluding hydrogens is 380 g/mol. The summed E-state index contributed by atoms with van der Waals surface area (Å²) in [6.45, 7) is 5.87. The van der Waals surface area contributed by atoms with Gasteiger partial charge < -0.3 is 14.8 Å². The number of carbonyl (C=O) groups is 1. The van der Waals surface area contributed by atoms with Crippen molar-refractivity contribution in [1.82, 2.24) is 5.32 Å². The lowest BCUT2D eigenvalue weighted by atomic mass is 10.1. The van der Waals surface area contributed by atoms with E-state index in [4.69, 9.17) is 9.47 Å². The Kier molecular flexibility index (Phi) is 5.51. The van der Waals surface area contributed by atoms with E-state index in [2.05, 4.69) is 5.32 Å². The predicted molar refractivity (Wildman–Crippen MR) is 107 cm³/mol. The largest absolute Gasteiger partial charge is 0.454 e. The first kappa shape index (κ1) is 20.0. The molecule has 1 unspecified atom stereocenters. The smallest absolute Gasteiger partial charge is 0.243 e. The Bertz CT molecular complexity index is 1000. The molecule has 0 bridgehead atoms. The summed E-state index contributed by atoms with van der Waals surface area (Å²) in [5.74, 6) is 0.912. The molecule has 150 valence electrons. The normalized spacial score (nSPS) is 13.9. The van der Waals surface area contributed by atoms with Crippen molar-refractivity contribution in [2.24, 2.45) is 0 Å².